The number of rotatable bonds is 5. The quantitative estimate of drug-likeness (QED) is 0.725. The molecule has 132 valence electrons. The summed E-state index contributed by atoms with van der Waals surface area (Å²) in [6, 6.07) is 15.3. The normalized spacial score (nSPS) is 10.4. The molecule has 26 heavy (non-hydrogen) atoms. The largest absolute Gasteiger partial charge is 0.339 e. The maximum Gasteiger partial charge on any atom is 0.229 e. The van der Waals surface area contributed by atoms with Crippen molar-refractivity contribution in [2.24, 2.45) is 0 Å². The number of halogens is 1. The highest BCUT2D eigenvalue weighted by atomic mass is 19.1. The fourth-order valence-electron chi connectivity index (χ4n) is 2.46. The van der Waals surface area contributed by atoms with Crippen molar-refractivity contribution in [3.63, 3.8) is 0 Å². The van der Waals surface area contributed by atoms with Gasteiger partial charge in [0, 0.05) is 5.69 Å². The molecule has 2 N–H and O–H groups in total. The summed E-state index contributed by atoms with van der Waals surface area (Å²) in [6.45, 7) is 4.08. The summed E-state index contributed by atoms with van der Waals surface area (Å²) >= 11 is 0. The molecule has 0 saturated heterocycles. The van der Waals surface area contributed by atoms with Gasteiger partial charge in [0.25, 0.3) is 0 Å². The molecule has 3 aromatic rings. The van der Waals surface area contributed by atoms with E-state index in [-0.39, 0.29) is 18.1 Å². The minimum Gasteiger partial charge on any atom is -0.339 e. The second kappa shape index (κ2) is 7.74. The summed E-state index contributed by atoms with van der Waals surface area (Å²) in [5.41, 5.74) is 4.02. The van der Waals surface area contributed by atoms with Crippen LogP contribution in [0, 0.1) is 19.7 Å². The number of benzene rings is 2. The lowest BCUT2D eigenvalue weighted by Gasteiger charge is -2.10. The molecule has 0 fully saturated rings. The van der Waals surface area contributed by atoms with Gasteiger partial charge in [-0.3, -0.25) is 4.79 Å². The Morgan fingerprint density at radius 2 is 1.65 bits per heavy atom. The zero-order valence-electron chi connectivity index (χ0n) is 14.6. The van der Waals surface area contributed by atoms with Crippen molar-refractivity contribution in [1.82, 2.24) is 10.2 Å². The van der Waals surface area contributed by atoms with E-state index in [1.807, 2.05) is 32.0 Å². The Morgan fingerprint density at radius 1 is 0.962 bits per heavy atom. The molecule has 0 atom stereocenters. The SMILES string of the molecule is Cc1cccc(Nc2ccc(NC(=O)Cc3ccc(F)cc3)nn2)c1C. The monoisotopic (exact) mass is 350 g/mol. The van der Waals surface area contributed by atoms with Crippen molar-refractivity contribution in [2.45, 2.75) is 20.3 Å². The second-order valence-corrected chi connectivity index (χ2v) is 6.03. The van der Waals surface area contributed by atoms with Crippen LogP contribution in [0.2, 0.25) is 0 Å². The molecule has 1 amide bonds. The standard InChI is InChI=1S/C20H19FN4O/c1-13-4-3-5-17(14(13)2)22-18-10-11-19(25-24-18)23-20(26)12-15-6-8-16(21)9-7-15/h3-11H,12H2,1-2H3,(H,22,24)(H,23,25,26). The Kier molecular flexibility index (Phi) is 5.22. The lowest BCUT2D eigenvalue weighted by atomic mass is 10.1. The van der Waals surface area contributed by atoms with E-state index in [0.29, 0.717) is 11.6 Å². The molecule has 0 aliphatic rings. The van der Waals surface area contributed by atoms with Gasteiger partial charge >= 0.3 is 0 Å². The van der Waals surface area contributed by atoms with E-state index in [1.165, 1.54) is 17.7 Å². The zero-order valence-corrected chi connectivity index (χ0v) is 14.6. The van der Waals surface area contributed by atoms with Gasteiger partial charge in [0.15, 0.2) is 11.6 Å². The van der Waals surface area contributed by atoms with Crippen LogP contribution >= 0.6 is 0 Å². The number of anilines is 3. The molecule has 0 saturated carbocycles. The maximum absolute atomic E-state index is 12.9. The minimum absolute atomic E-state index is 0.143. The first-order valence-corrected chi connectivity index (χ1v) is 8.22. The topological polar surface area (TPSA) is 66.9 Å². The summed E-state index contributed by atoms with van der Waals surface area (Å²) in [4.78, 5) is 12.0. The van der Waals surface area contributed by atoms with E-state index in [4.69, 9.17) is 0 Å². The van der Waals surface area contributed by atoms with Crippen LogP contribution in [-0.2, 0) is 11.2 Å². The van der Waals surface area contributed by atoms with Crippen molar-refractivity contribution in [2.75, 3.05) is 10.6 Å². The van der Waals surface area contributed by atoms with Crippen molar-refractivity contribution >= 4 is 23.2 Å². The fourth-order valence-corrected chi connectivity index (χ4v) is 2.46. The smallest absolute Gasteiger partial charge is 0.229 e. The Labute approximate surface area is 151 Å². The molecule has 0 radical (unpaired) electrons. The molecule has 0 bridgehead atoms. The number of aryl methyl sites for hydroxylation is 1. The van der Waals surface area contributed by atoms with Crippen LogP contribution < -0.4 is 10.6 Å². The van der Waals surface area contributed by atoms with E-state index in [0.717, 1.165) is 16.8 Å². The summed E-state index contributed by atoms with van der Waals surface area (Å²) in [7, 11) is 0. The van der Waals surface area contributed by atoms with E-state index in [2.05, 4.69) is 20.8 Å². The van der Waals surface area contributed by atoms with Crippen LogP contribution in [0.3, 0.4) is 0 Å². The van der Waals surface area contributed by atoms with Crippen LogP contribution in [-0.4, -0.2) is 16.1 Å². The molecule has 0 spiro atoms. The number of carbonyl (C=O) groups excluding carboxylic acids is 1. The third-order valence-electron chi connectivity index (χ3n) is 4.08. The average molecular weight is 350 g/mol. The van der Waals surface area contributed by atoms with Gasteiger partial charge in [-0.2, -0.15) is 0 Å². The van der Waals surface area contributed by atoms with E-state index in [9.17, 15) is 9.18 Å². The molecule has 6 heteroatoms. The van der Waals surface area contributed by atoms with Gasteiger partial charge in [0.2, 0.25) is 5.91 Å². The first kappa shape index (κ1) is 17.5. The third kappa shape index (κ3) is 4.42. The number of amides is 1. The number of hydrogen-bond acceptors (Lipinski definition) is 4. The van der Waals surface area contributed by atoms with Gasteiger partial charge in [-0.05, 0) is 60.9 Å². The fraction of sp³-hybridized carbons (Fsp3) is 0.150. The molecule has 3 rings (SSSR count). The molecule has 2 aromatic carbocycles. The van der Waals surface area contributed by atoms with Crippen LogP contribution in [0.4, 0.5) is 21.7 Å². The molecule has 5 nitrogen and oxygen atoms in total. The van der Waals surface area contributed by atoms with Crippen LogP contribution in [0.5, 0.6) is 0 Å². The summed E-state index contributed by atoms with van der Waals surface area (Å²) in [6.07, 6.45) is 0.143. The molecular formula is C20H19FN4O. The van der Waals surface area contributed by atoms with Crippen molar-refractivity contribution in [3.05, 3.63) is 77.1 Å². The highest BCUT2D eigenvalue weighted by Gasteiger charge is 2.07. The molecule has 0 aliphatic heterocycles. The average Bonchev–Trinajstić information content (AvgIpc) is 2.62. The summed E-state index contributed by atoms with van der Waals surface area (Å²) in [5, 5.41) is 14.0. The van der Waals surface area contributed by atoms with Crippen molar-refractivity contribution < 1.29 is 9.18 Å². The van der Waals surface area contributed by atoms with Gasteiger partial charge in [-0.25, -0.2) is 4.39 Å². The Bertz CT molecular complexity index is 908. The number of hydrogen-bond donors (Lipinski definition) is 2. The van der Waals surface area contributed by atoms with E-state index in [1.54, 1.807) is 24.3 Å². The number of aromatic nitrogens is 2. The van der Waals surface area contributed by atoms with Gasteiger partial charge in [-0.1, -0.05) is 24.3 Å². The zero-order chi connectivity index (χ0) is 18.5. The highest BCUT2D eigenvalue weighted by molar-refractivity contribution is 5.91. The van der Waals surface area contributed by atoms with Gasteiger partial charge in [0.05, 0.1) is 6.42 Å². The number of carbonyl (C=O) groups is 1. The Morgan fingerprint density at radius 3 is 2.35 bits per heavy atom. The van der Waals surface area contributed by atoms with Crippen molar-refractivity contribution in [1.29, 1.82) is 0 Å². The van der Waals surface area contributed by atoms with Crippen molar-refractivity contribution in [3.8, 4) is 0 Å². The predicted molar refractivity (Wildman–Crippen MR) is 100.0 cm³/mol. The maximum atomic E-state index is 12.9. The second-order valence-electron chi connectivity index (χ2n) is 6.03. The molecule has 1 heterocycles. The lowest BCUT2D eigenvalue weighted by Crippen LogP contribution is -2.15. The van der Waals surface area contributed by atoms with Crippen LogP contribution in [0.25, 0.3) is 0 Å². The van der Waals surface area contributed by atoms with Crippen LogP contribution in [0.1, 0.15) is 16.7 Å². The van der Waals surface area contributed by atoms with Gasteiger partial charge in [0.1, 0.15) is 5.82 Å². The third-order valence-corrected chi connectivity index (χ3v) is 4.08. The Hall–Kier alpha value is -3.28. The van der Waals surface area contributed by atoms with Gasteiger partial charge in [-0.15, -0.1) is 10.2 Å². The molecular weight excluding hydrogens is 331 g/mol. The summed E-state index contributed by atoms with van der Waals surface area (Å²) < 4.78 is 12.9. The summed E-state index contributed by atoms with van der Waals surface area (Å²) in [5.74, 6) is 0.395. The first-order chi connectivity index (χ1) is 12.5. The lowest BCUT2D eigenvalue weighted by molar-refractivity contribution is -0.115. The first-order valence-electron chi connectivity index (χ1n) is 8.22. The molecule has 0 unspecified atom stereocenters. The number of nitrogens with zero attached hydrogens (tertiary/aromatic N) is 2. The molecule has 1 aromatic heterocycles. The Balaban J connectivity index is 1.61. The molecule has 0 aliphatic carbocycles. The predicted octanol–water partition coefficient (Wildman–Crippen LogP) is 4.16. The highest BCUT2D eigenvalue weighted by Crippen LogP contribution is 2.21. The van der Waals surface area contributed by atoms with E-state index >= 15 is 0 Å². The number of nitrogens with one attached hydrogen (secondary N) is 2. The van der Waals surface area contributed by atoms with Crippen LogP contribution in [0.15, 0.2) is 54.6 Å². The van der Waals surface area contributed by atoms with E-state index < -0.39 is 0 Å². The minimum atomic E-state index is -0.327. The van der Waals surface area contributed by atoms with Gasteiger partial charge < -0.3 is 10.6 Å².